The van der Waals surface area contributed by atoms with Crippen LogP contribution < -0.4 is 9.44 Å². The van der Waals surface area contributed by atoms with E-state index in [1.54, 1.807) is 29.2 Å². The minimum Gasteiger partial charge on any atom is -0.377 e. The zero-order chi connectivity index (χ0) is 16.9. The van der Waals surface area contributed by atoms with Crippen molar-refractivity contribution in [1.29, 1.82) is 0 Å². The molecule has 0 spiro atoms. The van der Waals surface area contributed by atoms with Gasteiger partial charge in [-0.25, -0.2) is 0 Å². The molecule has 0 bridgehead atoms. The topological polar surface area (TPSA) is 87.7 Å². The van der Waals surface area contributed by atoms with Crippen molar-refractivity contribution in [2.24, 2.45) is 0 Å². The van der Waals surface area contributed by atoms with Crippen LogP contribution in [0.1, 0.15) is 30.6 Å². The van der Waals surface area contributed by atoms with Crippen molar-refractivity contribution < 1.29 is 17.9 Å². The molecule has 1 aromatic carbocycles. The Morgan fingerprint density at radius 3 is 2.91 bits per heavy atom. The van der Waals surface area contributed by atoms with E-state index in [1.165, 1.54) is 0 Å². The van der Waals surface area contributed by atoms with Gasteiger partial charge in [-0.15, -0.1) is 0 Å². The first-order chi connectivity index (χ1) is 10.9. The third-order valence-electron chi connectivity index (χ3n) is 3.53. The molecule has 1 heterocycles. The minimum absolute atomic E-state index is 0.00261. The molecule has 1 aliphatic rings. The second-order valence-electron chi connectivity index (χ2n) is 5.50. The van der Waals surface area contributed by atoms with E-state index in [-0.39, 0.29) is 11.9 Å². The molecule has 1 atom stereocenters. The normalized spacial score (nSPS) is 18.7. The molecule has 8 heteroatoms. The van der Waals surface area contributed by atoms with Gasteiger partial charge in [0, 0.05) is 18.7 Å². The van der Waals surface area contributed by atoms with Crippen LogP contribution in [0, 0.1) is 0 Å². The molecule has 0 radical (unpaired) electrons. The number of amides is 1. The van der Waals surface area contributed by atoms with E-state index in [4.69, 9.17) is 4.74 Å². The van der Waals surface area contributed by atoms with Crippen molar-refractivity contribution in [1.82, 2.24) is 9.62 Å². The third-order valence-corrected chi connectivity index (χ3v) is 4.62. The quantitative estimate of drug-likeness (QED) is 0.814. The van der Waals surface area contributed by atoms with Gasteiger partial charge in [-0.3, -0.25) is 9.52 Å². The molecule has 1 fully saturated rings. The predicted molar refractivity (Wildman–Crippen MR) is 88.6 cm³/mol. The summed E-state index contributed by atoms with van der Waals surface area (Å²) in [4.78, 5) is 14.3. The highest BCUT2D eigenvalue weighted by Crippen LogP contribution is 2.16. The molecule has 2 rings (SSSR count). The highest BCUT2D eigenvalue weighted by Gasteiger charge is 2.25. The maximum absolute atomic E-state index is 12.6. The fourth-order valence-corrected chi connectivity index (χ4v) is 3.32. The van der Waals surface area contributed by atoms with E-state index in [0.29, 0.717) is 44.0 Å². The summed E-state index contributed by atoms with van der Waals surface area (Å²) >= 11 is 0. The number of benzene rings is 1. The fourth-order valence-electron chi connectivity index (χ4n) is 2.34. The molecule has 0 aromatic heterocycles. The summed E-state index contributed by atoms with van der Waals surface area (Å²) in [7, 11) is -3.62. The van der Waals surface area contributed by atoms with Crippen LogP contribution in [-0.2, 0) is 14.9 Å². The number of morpholine rings is 1. The Morgan fingerprint density at radius 2 is 2.22 bits per heavy atom. The summed E-state index contributed by atoms with van der Waals surface area (Å²) < 4.78 is 33.9. The van der Waals surface area contributed by atoms with Crippen LogP contribution in [0.2, 0.25) is 0 Å². The Labute approximate surface area is 137 Å². The summed E-state index contributed by atoms with van der Waals surface area (Å²) in [6.45, 7) is 5.74. The first-order valence-electron chi connectivity index (χ1n) is 7.69. The van der Waals surface area contributed by atoms with Gasteiger partial charge < -0.3 is 9.64 Å². The van der Waals surface area contributed by atoms with Gasteiger partial charge in [-0.05, 0) is 31.5 Å². The summed E-state index contributed by atoms with van der Waals surface area (Å²) in [5.41, 5.74) is 0.815. The van der Waals surface area contributed by atoms with Crippen molar-refractivity contribution in [3.8, 4) is 0 Å². The number of hydrogen-bond acceptors (Lipinski definition) is 4. The smallest absolute Gasteiger partial charge is 0.299 e. The zero-order valence-corrected chi connectivity index (χ0v) is 14.2. The lowest BCUT2D eigenvalue weighted by molar-refractivity contribution is 0.00360. The molecule has 0 saturated carbocycles. The Balaban J connectivity index is 2.11. The highest BCUT2D eigenvalue weighted by molar-refractivity contribution is 7.90. The molecular weight excluding hydrogens is 318 g/mol. The Bertz CT molecular complexity index is 648. The van der Waals surface area contributed by atoms with Crippen LogP contribution >= 0.6 is 0 Å². The van der Waals surface area contributed by atoms with Crippen molar-refractivity contribution in [2.45, 2.75) is 26.3 Å². The number of anilines is 1. The van der Waals surface area contributed by atoms with Crippen molar-refractivity contribution in [3.63, 3.8) is 0 Å². The molecule has 1 unspecified atom stereocenters. The van der Waals surface area contributed by atoms with E-state index in [1.807, 2.05) is 13.8 Å². The van der Waals surface area contributed by atoms with Gasteiger partial charge in [0.25, 0.3) is 16.1 Å². The van der Waals surface area contributed by atoms with E-state index in [0.717, 1.165) is 0 Å². The molecule has 1 aliphatic heterocycles. The van der Waals surface area contributed by atoms with Gasteiger partial charge >= 0.3 is 0 Å². The molecule has 128 valence electrons. The first-order valence-corrected chi connectivity index (χ1v) is 9.17. The molecule has 0 aliphatic carbocycles. The average molecular weight is 341 g/mol. The van der Waals surface area contributed by atoms with Crippen LogP contribution in [-0.4, -0.2) is 51.6 Å². The van der Waals surface area contributed by atoms with E-state index < -0.39 is 10.2 Å². The number of nitrogens with zero attached hydrogens (tertiary/aromatic N) is 1. The van der Waals surface area contributed by atoms with Crippen molar-refractivity contribution in [3.05, 3.63) is 29.8 Å². The summed E-state index contributed by atoms with van der Waals surface area (Å²) in [5, 5.41) is 0. The van der Waals surface area contributed by atoms with Crippen LogP contribution in [0.5, 0.6) is 0 Å². The number of rotatable bonds is 6. The van der Waals surface area contributed by atoms with Gasteiger partial charge in [0.15, 0.2) is 0 Å². The lowest BCUT2D eigenvalue weighted by Crippen LogP contribution is -2.47. The Morgan fingerprint density at radius 1 is 1.43 bits per heavy atom. The molecule has 23 heavy (non-hydrogen) atoms. The lowest BCUT2D eigenvalue weighted by atomic mass is 10.1. The number of carbonyl (C=O) groups excluding carboxylic acids is 1. The fraction of sp³-hybridized carbons (Fsp3) is 0.533. The monoisotopic (exact) mass is 341 g/mol. The molecule has 1 aromatic rings. The van der Waals surface area contributed by atoms with E-state index >= 15 is 0 Å². The maximum Gasteiger partial charge on any atom is 0.299 e. The summed E-state index contributed by atoms with van der Waals surface area (Å²) in [6, 6.07) is 6.51. The van der Waals surface area contributed by atoms with Crippen molar-refractivity contribution >= 4 is 21.8 Å². The molecular formula is C15H23N3O4S. The minimum atomic E-state index is -3.62. The predicted octanol–water partition coefficient (Wildman–Crippen LogP) is 1.20. The van der Waals surface area contributed by atoms with E-state index in [2.05, 4.69) is 9.44 Å². The van der Waals surface area contributed by atoms with E-state index in [9.17, 15) is 13.2 Å². The summed E-state index contributed by atoms with van der Waals surface area (Å²) in [6.07, 6.45) is 0.703. The molecule has 1 amide bonds. The Hall–Kier alpha value is -1.64. The second-order valence-corrected chi connectivity index (χ2v) is 7.00. The maximum atomic E-state index is 12.6. The number of hydrogen-bond donors (Lipinski definition) is 2. The van der Waals surface area contributed by atoms with Crippen LogP contribution in [0.15, 0.2) is 24.3 Å². The number of ether oxygens (including phenoxy) is 1. The van der Waals surface area contributed by atoms with Gasteiger partial charge in [0.1, 0.15) is 0 Å². The molecule has 1 saturated heterocycles. The van der Waals surface area contributed by atoms with Gasteiger partial charge in [-0.1, -0.05) is 13.0 Å². The average Bonchev–Trinajstić information content (AvgIpc) is 2.53. The summed E-state index contributed by atoms with van der Waals surface area (Å²) in [5.74, 6) is -0.122. The largest absolute Gasteiger partial charge is 0.377 e. The molecule has 7 nitrogen and oxygen atoms in total. The van der Waals surface area contributed by atoms with Crippen LogP contribution in [0.4, 0.5) is 5.69 Å². The van der Waals surface area contributed by atoms with Gasteiger partial charge in [0.05, 0.1) is 24.9 Å². The zero-order valence-electron chi connectivity index (χ0n) is 13.4. The van der Waals surface area contributed by atoms with Gasteiger partial charge in [-0.2, -0.15) is 13.1 Å². The standard InChI is InChI=1S/C15H23N3O4S/c1-3-7-16-23(20,21)17-14-6-4-5-13(10-14)15(19)18-8-9-22-11-12(18)2/h4-6,10,12,16-17H,3,7-9,11H2,1-2H3. The highest BCUT2D eigenvalue weighted by atomic mass is 32.2. The van der Waals surface area contributed by atoms with Gasteiger partial charge in [0.2, 0.25) is 0 Å². The number of carbonyl (C=O) groups is 1. The third kappa shape index (κ3) is 4.92. The lowest BCUT2D eigenvalue weighted by Gasteiger charge is -2.33. The SMILES string of the molecule is CCCNS(=O)(=O)Nc1cccc(C(=O)N2CCOCC2C)c1. The number of nitrogens with one attached hydrogen (secondary N) is 2. The first kappa shape index (κ1) is 17.7. The molecule has 2 N–H and O–H groups in total. The Kier molecular flexibility index (Phi) is 5.97. The second kappa shape index (κ2) is 7.76. The van der Waals surface area contributed by atoms with Crippen LogP contribution in [0.3, 0.4) is 0 Å². The van der Waals surface area contributed by atoms with Crippen LogP contribution in [0.25, 0.3) is 0 Å². The van der Waals surface area contributed by atoms with Crippen molar-refractivity contribution in [2.75, 3.05) is 31.0 Å².